The number of aromatic nitrogens is 5. The Kier molecular flexibility index (Phi) is 2.56. The van der Waals surface area contributed by atoms with Crippen molar-refractivity contribution in [2.75, 3.05) is 5.73 Å². The zero-order valence-electron chi connectivity index (χ0n) is 11.5. The first-order chi connectivity index (χ1) is 10.8. The second kappa shape index (κ2) is 4.56. The number of benzene rings is 1. The van der Waals surface area contributed by atoms with Crippen LogP contribution in [0.2, 0.25) is 0 Å². The summed E-state index contributed by atoms with van der Waals surface area (Å²) in [5.74, 6) is 0.362. The van der Waals surface area contributed by atoms with E-state index in [1.807, 2.05) is 30.5 Å². The first-order valence-electron chi connectivity index (χ1n) is 6.69. The minimum atomic E-state index is 0.182. The molecule has 0 amide bonds. The van der Waals surface area contributed by atoms with Gasteiger partial charge in [-0.1, -0.05) is 12.1 Å². The lowest BCUT2D eigenvalue weighted by molar-refractivity contribution is 0.719. The highest BCUT2D eigenvalue weighted by Crippen LogP contribution is 2.29. The Balaban J connectivity index is 1.99. The number of hydrogen-bond donors (Lipinski definition) is 2. The lowest BCUT2D eigenvalue weighted by atomic mass is 10.1. The summed E-state index contributed by atoms with van der Waals surface area (Å²) >= 11 is 0. The van der Waals surface area contributed by atoms with Gasteiger partial charge in [0.15, 0.2) is 5.82 Å². The number of nitrogen functional groups attached to an aromatic ring is 1. The molecule has 4 aromatic rings. The molecule has 0 aliphatic heterocycles. The van der Waals surface area contributed by atoms with Crippen molar-refractivity contribution >= 4 is 27.6 Å². The number of H-pyrrole nitrogens is 1. The molecular formula is C15H11N7. The van der Waals surface area contributed by atoms with Crippen molar-refractivity contribution in [1.29, 1.82) is 5.26 Å². The number of aromatic amines is 1. The van der Waals surface area contributed by atoms with Crippen LogP contribution in [-0.2, 0) is 6.54 Å². The predicted octanol–water partition coefficient (Wildman–Crippen LogP) is 2.08. The van der Waals surface area contributed by atoms with Crippen LogP contribution in [0.3, 0.4) is 0 Å². The van der Waals surface area contributed by atoms with Crippen LogP contribution in [0.5, 0.6) is 0 Å². The topological polar surface area (TPSA) is 109 Å². The Labute approximate surface area is 125 Å². The van der Waals surface area contributed by atoms with Crippen LogP contribution < -0.4 is 5.73 Å². The van der Waals surface area contributed by atoms with E-state index in [9.17, 15) is 0 Å². The highest BCUT2D eigenvalue weighted by atomic mass is 15.3. The summed E-state index contributed by atoms with van der Waals surface area (Å²) in [4.78, 5) is 4.43. The maximum atomic E-state index is 8.80. The van der Waals surface area contributed by atoms with Gasteiger partial charge in [0.05, 0.1) is 17.3 Å². The van der Waals surface area contributed by atoms with Gasteiger partial charge in [0.2, 0.25) is 0 Å². The molecule has 0 aliphatic rings. The first-order valence-corrected chi connectivity index (χ1v) is 6.69. The van der Waals surface area contributed by atoms with E-state index < -0.39 is 0 Å². The molecule has 106 valence electrons. The van der Waals surface area contributed by atoms with Crippen molar-refractivity contribution in [1.82, 2.24) is 25.0 Å². The molecule has 0 unspecified atom stereocenters. The monoisotopic (exact) mass is 289 g/mol. The van der Waals surface area contributed by atoms with E-state index in [2.05, 4.69) is 26.3 Å². The predicted molar refractivity (Wildman–Crippen MR) is 82.6 cm³/mol. The maximum Gasteiger partial charge on any atom is 0.152 e. The fourth-order valence-corrected chi connectivity index (χ4v) is 2.58. The Morgan fingerprint density at radius 1 is 1.27 bits per heavy atom. The second-order valence-electron chi connectivity index (χ2n) is 4.95. The average molecular weight is 289 g/mol. The molecule has 7 heteroatoms. The van der Waals surface area contributed by atoms with Gasteiger partial charge in [-0.2, -0.15) is 15.5 Å². The van der Waals surface area contributed by atoms with Crippen LogP contribution in [0, 0.1) is 11.3 Å². The maximum absolute atomic E-state index is 8.80. The normalized spacial score (nSPS) is 11.0. The molecule has 3 heterocycles. The lowest BCUT2D eigenvalue weighted by Gasteiger charge is -2.03. The number of fused-ring (bicyclic) bond motifs is 3. The SMILES string of the molecule is N#CCn1cc2c(n1)c(N)nc1cc(-c3ccn[nH]3)ccc12. The van der Waals surface area contributed by atoms with Crippen molar-refractivity contribution in [2.24, 2.45) is 0 Å². The van der Waals surface area contributed by atoms with Crippen LogP contribution in [-0.4, -0.2) is 25.0 Å². The molecule has 0 radical (unpaired) electrons. The first kappa shape index (κ1) is 12.3. The second-order valence-corrected chi connectivity index (χ2v) is 4.95. The average Bonchev–Trinajstić information content (AvgIpc) is 3.17. The van der Waals surface area contributed by atoms with Gasteiger partial charge in [-0.25, -0.2) is 4.98 Å². The van der Waals surface area contributed by atoms with Gasteiger partial charge in [-0.15, -0.1) is 0 Å². The summed E-state index contributed by atoms with van der Waals surface area (Å²) in [6, 6.07) is 9.90. The quantitative estimate of drug-likeness (QED) is 0.587. The van der Waals surface area contributed by atoms with Crippen molar-refractivity contribution in [3.05, 3.63) is 36.7 Å². The van der Waals surface area contributed by atoms with Gasteiger partial charge < -0.3 is 5.73 Å². The zero-order valence-corrected chi connectivity index (χ0v) is 11.5. The van der Waals surface area contributed by atoms with Crippen LogP contribution >= 0.6 is 0 Å². The third kappa shape index (κ3) is 1.78. The molecular weight excluding hydrogens is 278 g/mol. The Hall–Kier alpha value is -3.40. The number of nitriles is 1. The minimum absolute atomic E-state index is 0.182. The summed E-state index contributed by atoms with van der Waals surface area (Å²) < 4.78 is 1.57. The highest BCUT2D eigenvalue weighted by Gasteiger charge is 2.11. The van der Waals surface area contributed by atoms with E-state index >= 15 is 0 Å². The van der Waals surface area contributed by atoms with Crippen LogP contribution in [0.1, 0.15) is 0 Å². The summed E-state index contributed by atoms with van der Waals surface area (Å²) in [6.45, 7) is 0.182. The summed E-state index contributed by atoms with van der Waals surface area (Å²) in [5, 5.41) is 21.9. The van der Waals surface area contributed by atoms with Crippen LogP contribution in [0.15, 0.2) is 36.7 Å². The number of anilines is 1. The number of nitrogens with two attached hydrogens (primary N) is 1. The molecule has 0 aliphatic carbocycles. The van der Waals surface area contributed by atoms with E-state index in [0.717, 1.165) is 27.5 Å². The molecule has 3 aromatic heterocycles. The fraction of sp³-hybridized carbons (Fsp3) is 0.0667. The van der Waals surface area contributed by atoms with E-state index in [1.54, 1.807) is 10.9 Å². The number of rotatable bonds is 2. The molecule has 22 heavy (non-hydrogen) atoms. The lowest BCUT2D eigenvalue weighted by Crippen LogP contribution is -1.96. The molecule has 0 bridgehead atoms. The van der Waals surface area contributed by atoms with Gasteiger partial charge in [-0.05, 0) is 12.1 Å². The number of hydrogen-bond acceptors (Lipinski definition) is 5. The summed E-state index contributed by atoms with van der Waals surface area (Å²) in [5.41, 5.74) is 9.32. The van der Waals surface area contributed by atoms with Crippen molar-refractivity contribution < 1.29 is 0 Å². The van der Waals surface area contributed by atoms with Gasteiger partial charge >= 0.3 is 0 Å². The Morgan fingerprint density at radius 2 is 2.18 bits per heavy atom. The minimum Gasteiger partial charge on any atom is -0.382 e. The van der Waals surface area contributed by atoms with E-state index in [0.29, 0.717) is 11.3 Å². The molecule has 3 N–H and O–H groups in total. The molecule has 0 saturated heterocycles. The molecule has 7 nitrogen and oxygen atoms in total. The molecule has 4 rings (SSSR count). The van der Waals surface area contributed by atoms with E-state index in [1.165, 1.54) is 0 Å². The van der Waals surface area contributed by atoms with Crippen molar-refractivity contribution in [3.8, 4) is 17.3 Å². The van der Waals surface area contributed by atoms with Crippen molar-refractivity contribution in [2.45, 2.75) is 6.54 Å². The molecule has 0 atom stereocenters. The molecule has 1 aromatic carbocycles. The summed E-state index contributed by atoms with van der Waals surface area (Å²) in [7, 11) is 0. The van der Waals surface area contributed by atoms with Crippen LogP contribution in [0.25, 0.3) is 33.1 Å². The smallest absolute Gasteiger partial charge is 0.152 e. The standard InChI is InChI=1S/C15H11N7/c16-4-6-22-8-11-10-2-1-9(12-3-5-18-20-12)7-13(10)19-15(17)14(11)21-22/h1-3,5,7-8H,6H2,(H2,17,19)(H,18,20). The fourth-order valence-electron chi connectivity index (χ4n) is 2.58. The zero-order chi connectivity index (χ0) is 15.1. The highest BCUT2D eigenvalue weighted by molar-refractivity contribution is 6.08. The number of nitrogens with zero attached hydrogens (tertiary/aromatic N) is 5. The van der Waals surface area contributed by atoms with Crippen molar-refractivity contribution in [3.63, 3.8) is 0 Å². The molecule has 0 fully saturated rings. The van der Waals surface area contributed by atoms with Gasteiger partial charge in [0.25, 0.3) is 0 Å². The summed E-state index contributed by atoms with van der Waals surface area (Å²) in [6.07, 6.45) is 3.53. The number of nitrogens with one attached hydrogen (secondary N) is 1. The van der Waals surface area contributed by atoms with E-state index in [-0.39, 0.29) is 6.54 Å². The third-order valence-electron chi connectivity index (χ3n) is 3.58. The Morgan fingerprint density at radius 3 is 2.95 bits per heavy atom. The van der Waals surface area contributed by atoms with Gasteiger partial charge in [-0.3, -0.25) is 9.78 Å². The molecule has 0 spiro atoms. The molecule has 0 saturated carbocycles. The van der Waals surface area contributed by atoms with Gasteiger partial charge in [0, 0.05) is 28.7 Å². The third-order valence-corrected chi connectivity index (χ3v) is 3.58. The van der Waals surface area contributed by atoms with Crippen LogP contribution in [0.4, 0.5) is 5.82 Å². The largest absolute Gasteiger partial charge is 0.382 e. The number of pyridine rings is 1. The Bertz CT molecular complexity index is 1020. The van der Waals surface area contributed by atoms with E-state index in [4.69, 9.17) is 11.0 Å². The van der Waals surface area contributed by atoms with Gasteiger partial charge in [0.1, 0.15) is 12.1 Å².